The van der Waals surface area contributed by atoms with Gasteiger partial charge in [0.1, 0.15) is 0 Å². The molecule has 0 aromatic rings. The number of rotatable bonds is 2. The Labute approximate surface area is 94.0 Å². The molecule has 15 heavy (non-hydrogen) atoms. The van der Waals surface area contributed by atoms with Crippen LogP contribution in [0.2, 0.25) is 0 Å². The highest BCUT2D eigenvalue weighted by Crippen LogP contribution is 2.25. The highest BCUT2D eigenvalue weighted by Gasteiger charge is 2.24. The van der Waals surface area contributed by atoms with Gasteiger partial charge in [0, 0.05) is 18.1 Å². The zero-order valence-electron chi connectivity index (χ0n) is 10.0. The molecule has 0 radical (unpaired) electrons. The van der Waals surface area contributed by atoms with Gasteiger partial charge in [0.15, 0.2) is 0 Å². The molecule has 2 unspecified atom stereocenters. The van der Waals surface area contributed by atoms with E-state index in [1.54, 1.807) is 0 Å². The maximum atomic E-state index is 5.92. The van der Waals surface area contributed by atoms with E-state index in [1.807, 2.05) is 0 Å². The second kappa shape index (κ2) is 5.31. The lowest BCUT2D eigenvalue weighted by Gasteiger charge is -2.34. The van der Waals surface area contributed by atoms with Crippen molar-refractivity contribution >= 4 is 0 Å². The van der Waals surface area contributed by atoms with Gasteiger partial charge in [0.05, 0.1) is 0 Å². The topological polar surface area (TPSA) is 38.0 Å². The van der Waals surface area contributed by atoms with Crippen LogP contribution in [0.25, 0.3) is 0 Å². The molecule has 2 heteroatoms. The first-order chi connectivity index (χ1) is 7.24. The van der Waals surface area contributed by atoms with Crippen molar-refractivity contribution in [3.63, 3.8) is 0 Å². The Hall–Kier alpha value is -0.0800. The first-order valence-electron chi connectivity index (χ1n) is 6.75. The maximum absolute atomic E-state index is 5.92. The predicted molar refractivity (Wildman–Crippen MR) is 64.8 cm³/mol. The van der Waals surface area contributed by atoms with E-state index in [0.717, 1.165) is 18.0 Å². The molecule has 0 aromatic carbocycles. The van der Waals surface area contributed by atoms with E-state index in [9.17, 15) is 0 Å². The SMILES string of the molecule is CC1CCCC(NC2CCC(N)CC2)C1. The first-order valence-corrected chi connectivity index (χ1v) is 6.75. The average molecular weight is 210 g/mol. The van der Waals surface area contributed by atoms with E-state index in [-0.39, 0.29) is 0 Å². The second-order valence-electron chi connectivity index (χ2n) is 5.75. The fourth-order valence-corrected chi connectivity index (χ4v) is 3.20. The lowest BCUT2D eigenvalue weighted by atomic mass is 9.85. The zero-order valence-corrected chi connectivity index (χ0v) is 10.0. The van der Waals surface area contributed by atoms with Crippen molar-refractivity contribution in [2.24, 2.45) is 11.7 Å². The van der Waals surface area contributed by atoms with Gasteiger partial charge in [-0.1, -0.05) is 19.8 Å². The Morgan fingerprint density at radius 3 is 2.33 bits per heavy atom. The van der Waals surface area contributed by atoms with Crippen LogP contribution in [-0.4, -0.2) is 18.1 Å². The van der Waals surface area contributed by atoms with Gasteiger partial charge in [-0.2, -0.15) is 0 Å². The summed E-state index contributed by atoms with van der Waals surface area (Å²) in [5, 5.41) is 3.85. The fourth-order valence-electron chi connectivity index (χ4n) is 3.20. The summed E-state index contributed by atoms with van der Waals surface area (Å²) in [6.45, 7) is 2.39. The van der Waals surface area contributed by atoms with Crippen molar-refractivity contribution in [1.29, 1.82) is 0 Å². The molecule has 0 saturated heterocycles. The Kier molecular flexibility index (Phi) is 4.04. The quantitative estimate of drug-likeness (QED) is 0.734. The Morgan fingerprint density at radius 2 is 1.67 bits per heavy atom. The van der Waals surface area contributed by atoms with Crippen LogP contribution in [0.15, 0.2) is 0 Å². The monoisotopic (exact) mass is 210 g/mol. The smallest absolute Gasteiger partial charge is 0.00721 e. The van der Waals surface area contributed by atoms with Crippen LogP contribution in [-0.2, 0) is 0 Å². The summed E-state index contributed by atoms with van der Waals surface area (Å²) < 4.78 is 0. The molecule has 3 N–H and O–H groups in total. The van der Waals surface area contributed by atoms with E-state index in [4.69, 9.17) is 5.73 Å². The van der Waals surface area contributed by atoms with Crippen molar-refractivity contribution in [3.05, 3.63) is 0 Å². The predicted octanol–water partition coefficient (Wildman–Crippen LogP) is 2.42. The van der Waals surface area contributed by atoms with Gasteiger partial charge < -0.3 is 11.1 Å². The van der Waals surface area contributed by atoms with Gasteiger partial charge in [0.25, 0.3) is 0 Å². The van der Waals surface area contributed by atoms with Crippen LogP contribution in [0.5, 0.6) is 0 Å². The molecule has 0 bridgehead atoms. The summed E-state index contributed by atoms with van der Waals surface area (Å²) in [5.41, 5.74) is 5.92. The van der Waals surface area contributed by atoms with Crippen molar-refractivity contribution in [3.8, 4) is 0 Å². The minimum atomic E-state index is 0.480. The molecule has 2 saturated carbocycles. The third-order valence-electron chi connectivity index (χ3n) is 4.18. The summed E-state index contributed by atoms with van der Waals surface area (Å²) in [7, 11) is 0. The molecular formula is C13H26N2. The summed E-state index contributed by atoms with van der Waals surface area (Å²) in [4.78, 5) is 0. The number of nitrogens with one attached hydrogen (secondary N) is 1. The third-order valence-corrected chi connectivity index (χ3v) is 4.18. The highest BCUT2D eigenvalue weighted by atomic mass is 15.0. The molecule has 2 rings (SSSR count). The van der Waals surface area contributed by atoms with E-state index in [2.05, 4.69) is 12.2 Å². The van der Waals surface area contributed by atoms with Crippen LogP contribution in [0.3, 0.4) is 0 Å². The van der Waals surface area contributed by atoms with Gasteiger partial charge in [-0.05, 0) is 44.4 Å². The van der Waals surface area contributed by atoms with E-state index in [0.29, 0.717) is 6.04 Å². The Bertz CT molecular complexity index is 185. The van der Waals surface area contributed by atoms with Gasteiger partial charge in [-0.15, -0.1) is 0 Å². The molecule has 0 aromatic heterocycles. The van der Waals surface area contributed by atoms with E-state index in [1.165, 1.54) is 51.4 Å². The molecule has 88 valence electrons. The van der Waals surface area contributed by atoms with Gasteiger partial charge in [-0.25, -0.2) is 0 Å². The molecule has 0 spiro atoms. The molecule has 2 atom stereocenters. The summed E-state index contributed by atoms with van der Waals surface area (Å²) >= 11 is 0. The minimum Gasteiger partial charge on any atom is -0.328 e. The summed E-state index contributed by atoms with van der Waals surface area (Å²) in [6, 6.07) is 2.04. The fraction of sp³-hybridized carbons (Fsp3) is 1.00. The molecule has 2 aliphatic carbocycles. The molecule has 0 heterocycles. The van der Waals surface area contributed by atoms with E-state index < -0.39 is 0 Å². The molecular weight excluding hydrogens is 184 g/mol. The van der Waals surface area contributed by atoms with Crippen LogP contribution in [0, 0.1) is 5.92 Å². The molecule has 2 fully saturated rings. The Balaban J connectivity index is 1.71. The van der Waals surface area contributed by atoms with Crippen molar-refractivity contribution < 1.29 is 0 Å². The summed E-state index contributed by atoms with van der Waals surface area (Å²) in [5.74, 6) is 0.932. The van der Waals surface area contributed by atoms with Gasteiger partial charge >= 0.3 is 0 Å². The van der Waals surface area contributed by atoms with Crippen molar-refractivity contribution in [2.45, 2.75) is 76.4 Å². The maximum Gasteiger partial charge on any atom is 0.00721 e. The molecule has 0 aliphatic heterocycles. The minimum absolute atomic E-state index is 0.480. The van der Waals surface area contributed by atoms with Gasteiger partial charge in [0.2, 0.25) is 0 Å². The molecule has 2 aliphatic rings. The molecule has 0 amide bonds. The van der Waals surface area contributed by atoms with E-state index >= 15 is 0 Å². The summed E-state index contributed by atoms with van der Waals surface area (Å²) in [6.07, 6.45) is 10.7. The Morgan fingerprint density at radius 1 is 0.933 bits per heavy atom. The zero-order chi connectivity index (χ0) is 10.7. The van der Waals surface area contributed by atoms with Crippen LogP contribution in [0.1, 0.15) is 58.3 Å². The normalized spacial score (nSPS) is 42.8. The lowest BCUT2D eigenvalue weighted by molar-refractivity contribution is 0.248. The van der Waals surface area contributed by atoms with Crippen molar-refractivity contribution in [2.75, 3.05) is 0 Å². The standard InChI is InChI=1S/C13H26N2/c1-10-3-2-4-13(9-10)15-12-7-5-11(14)6-8-12/h10-13,15H,2-9,14H2,1H3. The van der Waals surface area contributed by atoms with Gasteiger partial charge in [-0.3, -0.25) is 0 Å². The molecule has 2 nitrogen and oxygen atoms in total. The second-order valence-corrected chi connectivity index (χ2v) is 5.75. The largest absolute Gasteiger partial charge is 0.328 e. The number of hydrogen-bond donors (Lipinski definition) is 2. The first kappa shape index (κ1) is 11.4. The van der Waals surface area contributed by atoms with Crippen LogP contribution < -0.4 is 11.1 Å². The van der Waals surface area contributed by atoms with Crippen molar-refractivity contribution in [1.82, 2.24) is 5.32 Å². The third kappa shape index (κ3) is 3.46. The van der Waals surface area contributed by atoms with Crippen LogP contribution >= 0.6 is 0 Å². The highest BCUT2D eigenvalue weighted by molar-refractivity contribution is 4.84. The lowest BCUT2D eigenvalue weighted by Crippen LogP contribution is -2.44. The van der Waals surface area contributed by atoms with Crippen LogP contribution in [0.4, 0.5) is 0 Å². The average Bonchev–Trinajstić information content (AvgIpc) is 2.22. The number of nitrogens with two attached hydrogens (primary N) is 1. The number of hydrogen-bond acceptors (Lipinski definition) is 2.